The predicted molar refractivity (Wildman–Crippen MR) is 96.4 cm³/mol. The number of anilines is 1. The lowest BCUT2D eigenvalue weighted by Crippen LogP contribution is -2.36. The molecule has 3 rings (SSSR count). The standard InChI is InChI=1S/C18H19N3O2S/c22-17(20-19-13-15-7-4-12-24-15)9-10-18(23)21-11-3-6-14-5-1-2-8-16(14)21/h1-2,4-5,7-8,12-13H,3,6,9-11H2,(H,20,22)/b19-13+. The number of nitrogens with one attached hydrogen (secondary N) is 1. The largest absolute Gasteiger partial charge is 0.312 e. The molecule has 0 atom stereocenters. The van der Waals surface area contributed by atoms with E-state index in [0.717, 1.165) is 23.4 Å². The van der Waals surface area contributed by atoms with E-state index in [2.05, 4.69) is 16.6 Å². The van der Waals surface area contributed by atoms with Crippen LogP contribution in [-0.2, 0) is 16.0 Å². The Bertz CT molecular complexity index is 740. The van der Waals surface area contributed by atoms with E-state index in [1.165, 1.54) is 5.56 Å². The number of hydrazone groups is 1. The SMILES string of the molecule is O=C(CCC(=O)N1CCCc2ccccc21)N/N=C/c1cccs1. The first-order chi connectivity index (χ1) is 11.7. The van der Waals surface area contributed by atoms with Crippen molar-refractivity contribution in [3.8, 4) is 0 Å². The maximum atomic E-state index is 12.4. The minimum absolute atomic E-state index is 0.0143. The summed E-state index contributed by atoms with van der Waals surface area (Å²) in [5.74, 6) is -0.263. The number of carbonyl (C=O) groups is 2. The van der Waals surface area contributed by atoms with E-state index in [-0.39, 0.29) is 24.7 Å². The molecule has 1 aromatic carbocycles. The molecule has 124 valence electrons. The van der Waals surface area contributed by atoms with Crippen LogP contribution < -0.4 is 10.3 Å². The minimum atomic E-state index is -0.249. The van der Waals surface area contributed by atoms with Crippen LogP contribution in [0.4, 0.5) is 5.69 Å². The Balaban J connectivity index is 1.50. The van der Waals surface area contributed by atoms with Gasteiger partial charge in [-0.2, -0.15) is 5.10 Å². The summed E-state index contributed by atoms with van der Waals surface area (Å²) in [6.45, 7) is 0.716. The summed E-state index contributed by atoms with van der Waals surface area (Å²) >= 11 is 1.54. The third-order valence-electron chi connectivity index (χ3n) is 3.90. The highest BCUT2D eigenvalue weighted by Gasteiger charge is 2.22. The van der Waals surface area contributed by atoms with Crippen molar-refractivity contribution < 1.29 is 9.59 Å². The number of fused-ring (bicyclic) bond motifs is 1. The number of aryl methyl sites for hydroxylation is 1. The van der Waals surface area contributed by atoms with Crippen LogP contribution in [0.2, 0.25) is 0 Å². The first kappa shape index (κ1) is 16.4. The molecular weight excluding hydrogens is 322 g/mol. The molecule has 24 heavy (non-hydrogen) atoms. The summed E-state index contributed by atoms with van der Waals surface area (Å²) in [7, 11) is 0. The van der Waals surface area contributed by atoms with Gasteiger partial charge in [0.05, 0.1) is 6.21 Å². The van der Waals surface area contributed by atoms with Crippen LogP contribution in [0.25, 0.3) is 0 Å². The normalized spacial score (nSPS) is 13.8. The lowest BCUT2D eigenvalue weighted by Gasteiger charge is -2.29. The third-order valence-corrected chi connectivity index (χ3v) is 4.71. The molecular formula is C18H19N3O2S. The average molecular weight is 341 g/mol. The van der Waals surface area contributed by atoms with Crippen LogP contribution in [0.3, 0.4) is 0 Å². The smallest absolute Gasteiger partial charge is 0.240 e. The molecule has 1 N–H and O–H groups in total. The van der Waals surface area contributed by atoms with Crippen molar-refractivity contribution in [2.45, 2.75) is 25.7 Å². The van der Waals surface area contributed by atoms with Gasteiger partial charge in [-0.05, 0) is 35.9 Å². The van der Waals surface area contributed by atoms with Crippen molar-refractivity contribution in [3.63, 3.8) is 0 Å². The molecule has 1 aliphatic heterocycles. The lowest BCUT2D eigenvalue weighted by atomic mass is 10.0. The van der Waals surface area contributed by atoms with E-state index >= 15 is 0 Å². The minimum Gasteiger partial charge on any atom is -0.312 e. The van der Waals surface area contributed by atoms with Gasteiger partial charge in [0.25, 0.3) is 0 Å². The summed E-state index contributed by atoms with van der Waals surface area (Å²) in [4.78, 5) is 27.0. The Labute approximate surface area is 145 Å². The van der Waals surface area contributed by atoms with Gasteiger partial charge in [-0.15, -0.1) is 11.3 Å². The zero-order valence-corrected chi connectivity index (χ0v) is 14.1. The molecule has 0 unspecified atom stereocenters. The second-order valence-corrected chi connectivity index (χ2v) is 6.57. The number of benzene rings is 1. The fourth-order valence-corrected chi connectivity index (χ4v) is 3.32. The molecule has 0 spiro atoms. The number of carbonyl (C=O) groups excluding carboxylic acids is 2. The van der Waals surface area contributed by atoms with E-state index in [4.69, 9.17) is 0 Å². The van der Waals surface area contributed by atoms with Crippen LogP contribution >= 0.6 is 11.3 Å². The van der Waals surface area contributed by atoms with Crippen LogP contribution in [-0.4, -0.2) is 24.6 Å². The van der Waals surface area contributed by atoms with Crippen molar-refractivity contribution in [3.05, 3.63) is 52.2 Å². The van der Waals surface area contributed by atoms with Gasteiger partial charge < -0.3 is 4.90 Å². The maximum absolute atomic E-state index is 12.4. The van der Waals surface area contributed by atoms with Gasteiger partial charge in [-0.1, -0.05) is 24.3 Å². The number of hydrogen-bond donors (Lipinski definition) is 1. The Hall–Kier alpha value is -2.47. The summed E-state index contributed by atoms with van der Waals surface area (Å²) < 4.78 is 0. The Morgan fingerprint density at radius 1 is 1.21 bits per heavy atom. The Morgan fingerprint density at radius 3 is 2.92 bits per heavy atom. The molecule has 5 nitrogen and oxygen atoms in total. The molecule has 0 saturated heterocycles. The van der Waals surface area contributed by atoms with E-state index in [1.807, 2.05) is 35.7 Å². The van der Waals surface area contributed by atoms with Crippen LogP contribution in [0.5, 0.6) is 0 Å². The number of amides is 2. The first-order valence-corrected chi connectivity index (χ1v) is 8.86. The van der Waals surface area contributed by atoms with Gasteiger partial charge in [0.15, 0.2) is 0 Å². The third kappa shape index (κ3) is 4.08. The molecule has 0 radical (unpaired) electrons. The van der Waals surface area contributed by atoms with Crippen molar-refractivity contribution in [2.24, 2.45) is 5.10 Å². The van der Waals surface area contributed by atoms with Gasteiger partial charge >= 0.3 is 0 Å². The fraction of sp³-hybridized carbons (Fsp3) is 0.278. The first-order valence-electron chi connectivity index (χ1n) is 7.98. The lowest BCUT2D eigenvalue weighted by molar-refractivity contribution is -0.125. The molecule has 2 aromatic rings. The Morgan fingerprint density at radius 2 is 2.08 bits per heavy atom. The zero-order valence-electron chi connectivity index (χ0n) is 13.3. The van der Waals surface area contributed by atoms with Crippen LogP contribution in [0.1, 0.15) is 29.7 Å². The predicted octanol–water partition coefficient (Wildman–Crippen LogP) is 2.96. The van der Waals surface area contributed by atoms with Crippen LogP contribution in [0.15, 0.2) is 46.9 Å². The summed E-state index contributed by atoms with van der Waals surface area (Å²) in [5.41, 5.74) is 4.64. The van der Waals surface area contributed by atoms with E-state index in [9.17, 15) is 9.59 Å². The second-order valence-electron chi connectivity index (χ2n) is 5.59. The van der Waals surface area contributed by atoms with Gasteiger partial charge in [0.2, 0.25) is 11.8 Å². The number of rotatable bonds is 5. The van der Waals surface area contributed by atoms with Crippen molar-refractivity contribution >= 4 is 35.1 Å². The van der Waals surface area contributed by atoms with Gasteiger partial charge in [-0.25, -0.2) is 5.43 Å². The van der Waals surface area contributed by atoms with Gasteiger partial charge in [0.1, 0.15) is 0 Å². The maximum Gasteiger partial charge on any atom is 0.240 e. The van der Waals surface area contributed by atoms with Crippen molar-refractivity contribution in [1.82, 2.24) is 5.43 Å². The Kier molecular flexibility index (Phi) is 5.38. The average Bonchev–Trinajstić information content (AvgIpc) is 3.12. The van der Waals surface area contributed by atoms with Crippen molar-refractivity contribution in [2.75, 3.05) is 11.4 Å². The molecule has 1 aliphatic rings. The number of hydrogen-bond acceptors (Lipinski definition) is 4. The summed E-state index contributed by atoms with van der Waals surface area (Å²) in [6, 6.07) is 11.8. The van der Waals surface area contributed by atoms with Crippen LogP contribution in [0, 0.1) is 0 Å². The number of nitrogens with zero attached hydrogens (tertiary/aromatic N) is 2. The topological polar surface area (TPSA) is 61.8 Å². The highest BCUT2D eigenvalue weighted by atomic mass is 32.1. The summed E-state index contributed by atoms with van der Waals surface area (Å²) in [6.07, 6.45) is 3.89. The quantitative estimate of drug-likeness (QED) is 0.671. The van der Waals surface area contributed by atoms with E-state index in [0.29, 0.717) is 6.54 Å². The summed E-state index contributed by atoms with van der Waals surface area (Å²) in [5, 5.41) is 5.84. The fourth-order valence-electron chi connectivity index (χ4n) is 2.74. The van der Waals surface area contributed by atoms with Crippen molar-refractivity contribution in [1.29, 1.82) is 0 Å². The molecule has 6 heteroatoms. The number of thiophene rings is 1. The van der Waals surface area contributed by atoms with Gasteiger partial charge in [0, 0.05) is 30.0 Å². The molecule has 0 bridgehead atoms. The van der Waals surface area contributed by atoms with E-state index in [1.54, 1.807) is 22.5 Å². The van der Waals surface area contributed by atoms with E-state index < -0.39 is 0 Å². The molecule has 1 aromatic heterocycles. The molecule has 0 saturated carbocycles. The second kappa shape index (κ2) is 7.88. The zero-order chi connectivity index (χ0) is 16.8. The monoisotopic (exact) mass is 341 g/mol. The highest BCUT2D eigenvalue weighted by Crippen LogP contribution is 2.27. The molecule has 0 fully saturated rings. The molecule has 2 amide bonds. The van der Waals surface area contributed by atoms with Gasteiger partial charge in [-0.3, -0.25) is 9.59 Å². The molecule has 0 aliphatic carbocycles. The number of para-hydroxylation sites is 1. The molecule has 2 heterocycles. The highest BCUT2D eigenvalue weighted by molar-refractivity contribution is 7.11.